The molecule has 1 N–H and O–H groups in total. The zero-order valence-corrected chi connectivity index (χ0v) is 21.7. The third kappa shape index (κ3) is 3.87. The number of rotatable bonds is 3. The molecule has 1 amide bonds. The highest BCUT2D eigenvalue weighted by atomic mass is 16.3. The van der Waals surface area contributed by atoms with Crippen LogP contribution in [0.4, 0.5) is 5.69 Å². The number of carbonyl (C=O) groups is 1. The second-order valence-corrected chi connectivity index (χ2v) is 12.0. The fourth-order valence-corrected chi connectivity index (χ4v) is 6.88. The van der Waals surface area contributed by atoms with Crippen LogP contribution < -0.4 is 4.90 Å². The van der Waals surface area contributed by atoms with Crippen LogP contribution in [0.15, 0.2) is 55.1 Å². The lowest BCUT2D eigenvalue weighted by Gasteiger charge is -2.47. The Morgan fingerprint density at radius 2 is 1.92 bits per heavy atom. The number of likely N-dealkylation sites (tertiary alicyclic amines) is 1. The van der Waals surface area contributed by atoms with Gasteiger partial charge in [-0.3, -0.25) is 4.79 Å². The van der Waals surface area contributed by atoms with E-state index in [0.717, 1.165) is 79.4 Å². The van der Waals surface area contributed by atoms with Crippen molar-refractivity contribution in [3.8, 4) is 22.9 Å². The van der Waals surface area contributed by atoms with Crippen molar-refractivity contribution in [2.45, 2.75) is 39.5 Å². The Morgan fingerprint density at radius 3 is 2.68 bits per heavy atom. The monoisotopic (exact) mass is 491 g/mol. The van der Waals surface area contributed by atoms with Crippen molar-refractivity contribution in [1.82, 2.24) is 4.90 Å². The van der Waals surface area contributed by atoms with Crippen molar-refractivity contribution >= 4 is 22.4 Å². The van der Waals surface area contributed by atoms with E-state index in [9.17, 15) is 15.2 Å². The molecule has 0 unspecified atom stereocenters. The highest BCUT2D eigenvalue weighted by Crippen LogP contribution is 2.48. The number of fused-ring (bicyclic) bond motifs is 2. The SMILES string of the molecule is C=CC(=O)N1CC2(CCN(c3cc4c(c(-c5cc(O)cc6ccccc56)c3C#N)CCC(C)(C)C4)C2)C1. The number of hydrogen-bond donors (Lipinski definition) is 1. The molecule has 3 aliphatic rings. The van der Waals surface area contributed by atoms with Gasteiger partial charge >= 0.3 is 0 Å². The first kappa shape index (κ1) is 23.6. The van der Waals surface area contributed by atoms with E-state index in [-0.39, 0.29) is 22.5 Å². The molecular formula is C32H33N3O2. The van der Waals surface area contributed by atoms with Crippen molar-refractivity contribution in [2.24, 2.45) is 10.8 Å². The summed E-state index contributed by atoms with van der Waals surface area (Å²) in [4.78, 5) is 16.3. The van der Waals surface area contributed by atoms with E-state index in [1.807, 2.05) is 29.2 Å². The lowest BCUT2D eigenvalue weighted by atomic mass is 9.71. The van der Waals surface area contributed by atoms with E-state index in [0.29, 0.717) is 5.56 Å². The Kier molecular flexibility index (Phi) is 5.35. The van der Waals surface area contributed by atoms with Crippen molar-refractivity contribution in [1.29, 1.82) is 5.26 Å². The van der Waals surface area contributed by atoms with E-state index >= 15 is 0 Å². The normalized spacial score (nSPS) is 19.4. The molecule has 6 rings (SSSR count). The van der Waals surface area contributed by atoms with Gasteiger partial charge in [-0.05, 0) is 82.8 Å². The lowest BCUT2D eigenvalue weighted by Crippen LogP contribution is -2.59. The minimum absolute atomic E-state index is 0.00384. The summed E-state index contributed by atoms with van der Waals surface area (Å²) in [6, 6.07) is 16.6. The summed E-state index contributed by atoms with van der Waals surface area (Å²) in [5, 5.41) is 23.3. The summed E-state index contributed by atoms with van der Waals surface area (Å²) >= 11 is 0. The van der Waals surface area contributed by atoms with Gasteiger partial charge in [0.25, 0.3) is 0 Å². The molecule has 3 aromatic rings. The smallest absolute Gasteiger partial charge is 0.245 e. The fourth-order valence-electron chi connectivity index (χ4n) is 6.88. The first-order valence-corrected chi connectivity index (χ1v) is 13.2. The van der Waals surface area contributed by atoms with Gasteiger partial charge in [-0.15, -0.1) is 0 Å². The summed E-state index contributed by atoms with van der Waals surface area (Å²) in [7, 11) is 0. The summed E-state index contributed by atoms with van der Waals surface area (Å²) in [5.41, 5.74) is 6.44. The van der Waals surface area contributed by atoms with Crippen LogP contribution in [0.2, 0.25) is 0 Å². The van der Waals surface area contributed by atoms with Crippen LogP contribution in [0.5, 0.6) is 5.75 Å². The number of nitriles is 1. The van der Waals surface area contributed by atoms with Crippen LogP contribution in [-0.4, -0.2) is 42.1 Å². The third-order valence-electron chi connectivity index (χ3n) is 8.77. The molecule has 3 aromatic carbocycles. The number of anilines is 1. The van der Waals surface area contributed by atoms with Crippen LogP contribution in [0.1, 0.15) is 43.4 Å². The molecule has 2 aliphatic heterocycles. The Morgan fingerprint density at radius 1 is 1.14 bits per heavy atom. The molecular weight excluding hydrogens is 458 g/mol. The summed E-state index contributed by atoms with van der Waals surface area (Å²) in [6.07, 6.45) is 5.34. The molecule has 2 saturated heterocycles. The predicted octanol–water partition coefficient (Wildman–Crippen LogP) is 5.82. The molecule has 188 valence electrons. The van der Waals surface area contributed by atoms with Crippen LogP contribution in [0.25, 0.3) is 21.9 Å². The van der Waals surface area contributed by atoms with Crippen LogP contribution in [-0.2, 0) is 17.6 Å². The van der Waals surface area contributed by atoms with Gasteiger partial charge in [0.2, 0.25) is 5.91 Å². The lowest BCUT2D eigenvalue weighted by molar-refractivity contribution is -0.136. The molecule has 0 aromatic heterocycles. The molecule has 0 atom stereocenters. The van der Waals surface area contributed by atoms with Gasteiger partial charge in [0, 0.05) is 37.2 Å². The molecule has 1 aliphatic carbocycles. The van der Waals surface area contributed by atoms with E-state index < -0.39 is 0 Å². The average molecular weight is 492 g/mol. The maximum atomic E-state index is 12.1. The van der Waals surface area contributed by atoms with Crippen molar-refractivity contribution in [3.63, 3.8) is 0 Å². The molecule has 2 heterocycles. The molecule has 0 bridgehead atoms. The van der Waals surface area contributed by atoms with Crippen LogP contribution in [0.3, 0.4) is 0 Å². The number of benzene rings is 3. The number of nitrogens with zero attached hydrogens (tertiary/aromatic N) is 3. The maximum absolute atomic E-state index is 12.1. The number of phenolic OH excluding ortho intramolecular Hbond substituents is 1. The number of amides is 1. The molecule has 0 saturated carbocycles. The molecule has 1 spiro atoms. The average Bonchev–Trinajstić information content (AvgIpc) is 3.31. The molecule has 0 radical (unpaired) electrons. The summed E-state index contributed by atoms with van der Waals surface area (Å²) in [6.45, 7) is 11.5. The standard InChI is InChI=1S/C32H33N3O2/c1-4-29(37)35-19-32(20-35)11-12-34(18-32)28-14-22-16-31(2,3)10-9-25(22)30(27(28)17-33)26-15-23(36)13-21-7-5-6-8-24(21)26/h4-8,13-15,36H,1,9-12,16,18-20H2,2-3H3. The maximum Gasteiger partial charge on any atom is 0.245 e. The number of carbonyl (C=O) groups excluding carboxylic acids is 1. The van der Waals surface area contributed by atoms with Crippen molar-refractivity contribution in [2.75, 3.05) is 31.1 Å². The zero-order chi connectivity index (χ0) is 25.9. The summed E-state index contributed by atoms with van der Waals surface area (Å²) in [5.74, 6) is 0.213. The zero-order valence-electron chi connectivity index (χ0n) is 21.7. The number of phenols is 1. The van der Waals surface area contributed by atoms with E-state index in [2.05, 4.69) is 43.5 Å². The van der Waals surface area contributed by atoms with Crippen LogP contribution >= 0.6 is 0 Å². The Hall–Kier alpha value is -3.78. The second kappa shape index (κ2) is 8.38. The minimum Gasteiger partial charge on any atom is -0.508 e. The highest BCUT2D eigenvalue weighted by molar-refractivity contribution is 6.01. The van der Waals surface area contributed by atoms with Gasteiger partial charge in [0.1, 0.15) is 11.8 Å². The summed E-state index contributed by atoms with van der Waals surface area (Å²) < 4.78 is 0. The Balaban J connectivity index is 1.51. The predicted molar refractivity (Wildman–Crippen MR) is 148 cm³/mol. The van der Waals surface area contributed by atoms with E-state index in [1.165, 1.54) is 17.2 Å². The van der Waals surface area contributed by atoms with Gasteiger partial charge in [-0.2, -0.15) is 5.26 Å². The fraction of sp³-hybridized carbons (Fsp3) is 0.375. The van der Waals surface area contributed by atoms with E-state index in [1.54, 1.807) is 6.07 Å². The Labute approximate surface area is 218 Å². The van der Waals surface area contributed by atoms with Gasteiger partial charge in [-0.25, -0.2) is 0 Å². The molecule has 37 heavy (non-hydrogen) atoms. The number of aromatic hydroxyl groups is 1. The van der Waals surface area contributed by atoms with Gasteiger partial charge in [0.05, 0.1) is 11.3 Å². The number of hydrogen-bond acceptors (Lipinski definition) is 4. The second-order valence-electron chi connectivity index (χ2n) is 12.0. The molecule has 5 nitrogen and oxygen atoms in total. The van der Waals surface area contributed by atoms with E-state index in [4.69, 9.17) is 0 Å². The van der Waals surface area contributed by atoms with Gasteiger partial charge in [0.15, 0.2) is 0 Å². The first-order chi connectivity index (χ1) is 17.7. The first-order valence-electron chi connectivity index (χ1n) is 13.2. The largest absolute Gasteiger partial charge is 0.508 e. The Bertz CT molecular complexity index is 1490. The van der Waals surface area contributed by atoms with Gasteiger partial charge < -0.3 is 14.9 Å². The topological polar surface area (TPSA) is 67.6 Å². The van der Waals surface area contributed by atoms with Gasteiger partial charge in [-0.1, -0.05) is 44.7 Å². The molecule has 5 heteroatoms. The highest BCUT2D eigenvalue weighted by Gasteiger charge is 2.49. The molecule has 2 fully saturated rings. The quantitative estimate of drug-likeness (QED) is 0.469. The van der Waals surface area contributed by atoms with Crippen LogP contribution in [0, 0.1) is 22.2 Å². The van der Waals surface area contributed by atoms with Crippen molar-refractivity contribution < 1.29 is 9.90 Å². The minimum atomic E-state index is -0.00384. The van der Waals surface area contributed by atoms with Crippen molar-refractivity contribution in [3.05, 3.63) is 71.8 Å². The third-order valence-corrected chi connectivity index (χ3v) is 8.77.